The van der Waals surface area contributed by atoms with E-state index in [0.717, 1.165) is 45.4 Å². The van der Waals surface area contributed by atoms with Gasteiger partial charge < -0.3 is 19.3 Å². The number of methoxy groups -OCH3 is 1. The molecule has 27 heavy (non-hydrogen) atoms. The third kappa shape index (κ3) is 5.22. The lowest BCUT2D eigenvalue weighted by Crippen LogP contribution is -2.37. The molecule has 1 atom stereocenters. The van der Waals surface area contributed by atoms with Crippen molar-refractivity contribution in [2.24, 2.45) is 5.92 Å². The highest BCUT2D eigenvalue weighted by molar-refractivity contribution is 5.97. The number of amides is 2. The minimum atomic E-state index is -0.0268. The van der Waals surface area contributed by atoms with E-state index in [1.165, 1.54) is 0 Å². The molecule has 0 radical (unpaired) electrons. The molecular weight excluding hydrogens is 344 g/mol. The Balaban J connectivity index is 1.52. The summed E-state index contributed by atoms with van der Waals surface area (Å²) >= 11 is 0. The Bertz CT molecular complexity index is 643. The Labute approximate surface area is 161 Å². The fourth-order valence-corrected chi connectivity index (χ4v) is 3.88. The van der Waals surface area contributed by atoms with Crippen molar-refractivity contribution >= 4 is 11.8 Å². The van der Waals surface area contributed by atoms with Gasteiger partial charge in [-0.1, -0.05) is 12.1 Å². The molecule has 2 fully saturated rings. The third-order valence-electron chi connectivity index (χ3n) is 5.49. The number of carbonyl (C=O) groups is 2. The van der Waals surface area contributed by atoms with Crippen LogP contribution in [0.5, 0.6) is 5.75 Å². The van der Waals surface area contributed by atoms with Gasteiger partial charge in [-0.2, -0.15) is 0 Å². The van der Waals surface area contributed by atoms with Crippen molar-refractivity contribution in [2.45, 2.75) is 32.1 Å². The number of benzene rings is 1. The first kappa shape index (κ1) is 19.7. The molecule has 2 aliphatic heterocycles. The summed E-state index contributed by atoms with van der Waals surface area (Å²) in [4.78, 5) is 29.2. The lowest BCUT2D eigenvalue weighted by atomic mass is 9.96. The predicted octanol–water partition coefficient (Wildman–Crippen LogP) is 2.58. The third-order valence-corrected chi connectivity index (χ3v) is 5.49. The largest absolute Gasteiger partial charge is 0.496 e. The van der Waals surface area contributed by atoms with E-state index >= 15 is 0 Å². The van der Waals surface area contributed by atoms with Gasteiger partial charge in [0.1, 0.15) is 5.75 Å². The first-order chi connectivity index (χ1) is 13.2. The van der Waals surface area contributed by atoms with Gasteiger partial charge in [-0.3, -0.25) is 9.59 Å². The van der Waals surface area contributed by atoms with E-state index in [0.29, 0.717) is 43.3 Å². The molecule has 1 aromatic rings. The molecule has 3 rings (SSSR count). The number of rotatable bonds is 5. The van der Waals surface area contributed by atoms with Crippen LogP contribution in [-0.2, 0) is 9.53 Å². The van der Waals surface area contributed by atoms with E-state index in [4.69, 9.17) is 9.47 Å². The number of carbonyl (C=O) groups excluding carboxylic acids is 2. The zero-order valence-corrected chi connectivity index (χ0v) is 16.2. The van der Waals surface area contributed by atoms with Crippen molar-refractivity contribution in [3.05, 3.63) is 29.8 Å². The number of hydrogen-bond donors (Lipinski definition) is 0. The first-order valence-electron chi connectivity index (χ1n) is 9.97. The van der Waals surface area contributed by atoms with Gasteiger partial charge >= 0.3 is 0 Å². The molecule has 6 heteroatoms. The summed E-state index contributed by atoms with van der Waals surface area (Å²) in [5, 5.41) is 0. The minimum absolute atomic E-state index is 0.0268. The van der Waals surface area contributed by atoms with Crippen LogP contribution in [0.15, 0.2) is 24.3 Å². The highest BCUT2D eigenvalue weighted by Crippen LogP contribution is 2.21. The smallest absolute Gasteiger partial charge is 0.257 e. The van der Waals surface area contributed by atoms with Crippen LogP contribution >= 0.6 is 0 Å². The van der Waals surface area contributed by atoms with E-state index in [1.54, 1.807) is 19.2 Å². The highest BCUT2D eigenvalue weighted by Gasteiger charge is 2.25. The van der Waals surface area contributed by atoms with Gasteiger partial charge in [0.15, 0.2) is 0 Å². The molecule has 1 unspecified atom stereocenters. The Morgan fingerprint density at radius 2 is 1.89 bits per heavy atom. The minimum Gasteiger partial charge on any atom is -0.496 e. The number of para-hydroxylation sites is 1. The lowest BCUT2D eigenvalue weighted by molar-refractivity contribution is -0.131. The summed E-state index contributed by atoms with van der Waals surface area (Å²) < 4.78 is 10.8. The molecule has 0 spiro atoms. The van der Waals surface area contributed by atoms with Gasteiger partial charge in [0.2, 0.25) is 5.91 Å². The Morgan fingerprint density at radius 1 is 1.11 bits per heavy atom. The van der Waals surface area contributed by atoms with E-state index in [-0.39, 0.29) is 11.8 Å². The summed E-state index contributed by atoms with van der Waals surface area (Å²) in [7, 11) is 1.58. The fraction of sp³-hybridized carbons (Fsp3) is 0.619. The molecule has 2 saturated heterocycles. The SMILES string of the molecule is COc1ccccc1C(=O)N1CCCN(C(=O)CCC2CCCOC2)CC1. The second-order valence-corrected chi connectivity index (χ2v) is 7.35. The molecule has 2 amide bonds. The molecule has 2 heterocycles. The Hall–Kier alpha value is -2.08. The van der Waals surface area contributed by atoms with Crippen LogP contribution in [0.2, 0.25) is 0 Å². The monoisotopic (exact) mass is 374 g/mol. The molecule has 6 nitrogen and oxygen atoms in total. The predicted molar refractivity (Wildman–Crippen MR) is 103 cm³/mol. The van der Waals surface area contributed by atoms with Gasteiger partial charge in [0.25, 0.3) is 5.91 Å². The van der Waals surface area contributed by atoms with Gasteiger partial charge in [0, 0.05) is 45.8 Å². The van der Waals surface area contributed by atoms with Gasteiger partial charge in [-0.25, -0.2) is 0 Å². The maximum atomic E-state index is 12.9. The summed E-state index contributed by atoms with van der Waals surface area (Å²) in [5.41, 5.74) is 0.581. The van der Waals surface area contributed by atoms with Crippen molar-refractivity contribution < 1.29 is 19.1 Å². The molecule has 148 valence electrons. The van der Waals surface area contributed by atoms with Crippen molar-refractivity contribution in [1.29, 1.82) is 0 Å². The molecule has 0 aromatic heterocycles. The average Bonchev–Trinajstić information content (AvgIpc) is 2.98. The first-order valence-corrected chi connectivity index (χ1v) is 9.97. The quantitative estimate of drug-likeness (QED) is 0.795. The van der Waals surface area contributed by atoms with Crippen LogP contribution in [0, 0.1) is 5.92 Å². The van der Waals surface area contributed by atoms with Crippen molar-refractivity contribution in [3.63, 3.8) is 0 Å². The summed E-state index contributed by atoms with van der Waals surface area (Å²) in [6, 6.07) is 7.30. The normalized spacial score (nSPS) is 20.9. The van der Waals surface area contributed by atoms with Crippen LogP contribution in [0.3, 0.4) is 0 Å². The Morgan fingerprint density at radius 3 is 2.67 bits per heavy atom. The van der Waals surface area contributed by atoms with Crippen molar-refractivity contribution in [3.8, 4) is 5.75 Å². The van der Waals surface area contributed by atoms with E-state index in [9.17, 15) is 9.59 Å². The molecule has 0 N–H and O–H groups in total. The number of ether oxygens (including phenoxy) is 2. The van der Waals surface area contributed by atoms with Gasteiger partial charge in [0.05, 0.1) is 12.7 Å². The molecular formula is C21H30N2O4. The number of hydrogen-bond acceptors (Lipinski definition) is 4. The molecule has 0 bridgehead atoms. The van der Waals surface area contributed by atoms with E-state index < -0.39 is 0 Å². The van der Waals surface area contributed by atoms with Gasteiger partial charge in [-0.05, 0) is 43.7 Å². The van der Waals surface area contributed by atoms with E-state index in [2.05, 4.69) is 0 Å². The maximum absolute atomic E-state index is 12.9. The maximum Gasteiger partial charge on any atom is 0.257 e. The Kier molecular flexibility index (Phi) is 7.10. The molecule has 2 aliphatic rings. The second-order valence-electron chi connectivity index (χ2n) is 7.35. The molecule has 0 saturated carbocycles. The van der Waals surface area contributed by atoms with Gasteiger partial charge in [-0.15, -0.1) is 0 Å². The molecule has 0 aliphatic carbocycles. The lowest BCUT2D eigenvalue weighted by Gasteiger charge is -2.25. The fourth-order valence-electron chi connectivity index (χ4n) is 3.88. The number of nitrogens with zero attached hydrogens (tertiary/aromatic N) is 2. The topological polar surface area (TPSA) is 59.1 Å². The van der Waals surface area contributed by atoms with Crippen molar-refractivity contribution in [1.82, 2.24) is 9.80 Å². The van der Waals surface area contributed by atoms with Crippen LogP contribution in [0.1, 0.15) is 42.5 Å². The van der Waals surface area contributed by atoms with Crippen LogP contribution in [0.4, 0.5) is 0 Å². The summed E-state index contributed by atoms with van der Waals surface area (Å²) in [5.74, 6) is 1.28. The molecule has 1 aromatic carbocycles. The average molecular weight is 374 g/mol. The standard InChI is InChI=1S/C21H30N2O4/c1-26-19-8-3-2-7-18(19)21(25)23-12-5-11-22(13-14-23)20(24)10-9-17-6-4-15-27-16-17/h2-3,7-8,17H,4-6,9-16H2,1H3. The van der Waals surface area contributed by atoms with E-state index in [1.807, 2.05) is 21.9 Å². The van der Waals surface area contributed by atoms with Crippen LogP contribution in [-0.4, -0.2) is 68.1 Å². The van der Waals surface area contributed by atoms with Crippen molar-refractivity contribution in [2.75, 3.05) is 46.5 Å². The summed E-state index contributed by atoms with van der Waals surface area (Å²) in [6.45, 7) is 4.18. The summed E-state index contributed by atoms with van der Waals surface area (Å²) in [6.07, 6.45) is 4.55. The highest BCUT2D eigenvalue weighted by atomic mass is 16.5. The zero-order chi connectivity index (χ0) is 19.1. The zero-order valence-electron chi connectivity index (χ0n) is 16.2. The second kappa shape index (κ2) is 9.74. The van der Waals surface area contributed by atoms with Crippen LogP contribution in [0.25, 0.3) is 0 Å². The van der Waals surface area contributed by atoms with Crippen LogP contribution < -0.4 is 4.74 Å².